The first-order chi connectivity index (χ1) is 10.8. The van der Waals surface area contributed by atoms with E-state index in [-0.39, 0.29) is 5.69 Å². The lowest BCUT2D eigenvalue weighted by molar-refractivity contribution is -0.384. The van der Waals surface area contributed by atoms with Crippen LogP contribution in [0.1, 0.15) is 15.9 Å². The second kappa shape index (κ2) is 6.78. The number of carbonyl (C=O) groups is 1. The maximum absolute atomic E-state index is 12.0. The summed E-state index contributed by atoms with van der Waals surface area (Å²) in [6.45, 7) is 1.79. The summed E-state index contributed by atoms with van der Waals surface area (Å²) in [5, 5.41) is 11.3. The van der Waals surface area contributed by atoms with Crippen molar-refractivity contribution in [2.75, 3.05) is 19.1 Å². The summed E-state index contributed by atoms with van der Waals surface area (Å²) in [6.07, 6.45) is 0. The Hall–Kier alpha value is -2.41. The molecule has 120 valence electrons. The molecule has 7 heteroatoms. The van der Waals surface area contributed by atoms with Gasteiger partial charge in [-0.3, -0.25) is 10.1 Å². The SMILES string of the molecule is COC(=O)c1cc(Br)ccc1N(C)c1ccc(C)cc1[N+](=O)[O-]. The number of methoxy groups -OCH3 is 1. The second-order valence-corrected chi connectivity index (χ2v) is 5.88. The molecule has 0 saturated heterocycles. The summed E-state index contributed by atoms with van der Waals surface area (Å²) in [7, 11) is 2.97. The lowest BCUT2D eigenvalue weighted by atomic mass is 10.1. The Morgan fingerprint density at radius 3 is 2.48 bits per heavy atom. The third-order valence-corrected chi connectivity index (χ3v) is 3.91. The van der Waals surface area contributed by atoms with Crippen LogP contribution in [0.25, 0.3) is 0 Å². The number of hydrogen-bond donors (Lipinski definition) is 0. The van der Waals surface area contributed by atoms with Crippen LogP contribution in [0, 0.1) is 17.0 Å². The molecule has 2 aromatic carbocycles. The first kappa shape index (κ1) is 17.0. The number of ether oxygens (including phenoxy) is 1. The van der Waals surface area contributed by atoms with Gasteiger partial charge in [0.05, 0.1) is 23.3 Å². The zero-order valence-electron chi connectivity index (χ0n) is 12.9. The van der Waals surface area contributed by atoms with Crippen LogP contribution in [0.4, 0.5) is 17.1 Å². The molecular weight excluding hydrogens is 364 g/mol. The topological polar surface area (TPSA) is 72.7 Å². The minimum atomic E-state index is -0.511. The predicted molar refractivity (Wildman–Crippen MR) is 91.4 cm³/mol. The van der Waals surface area contributed by atoms with Gasteiger partial charge in [-0.2, -0.15) is 0 Å². The van der Waals surface area contributed by atoms with Gasteiger partial charge < -0.3 is 9.64 Å². The summed E-state index contributed by atoms with van der Waals surface area (Å²) < 4.78 is 5.51. The van der Waals surface area contributed by atoms with E-state index in [0.29, 0.717) is 21.4 Å². The minimum absolute atomic E-state index is 0.0220. The van der Waals surface area contributed by atoms with Gasteiger partial charge in [0.2, 0.25) is 0 Å². The van der Waals surface area contributed by atoms with Crippen molar-refractivity contribution >= 4 is 39.0 Å². The van der Waals surface area contributed by atoms with E-state index in [1.165, 1.54) is 13.2 Å². The number of aryl methyl sites for hydroxylation is 1. The highest BCUT2D eigenvalue weighted by atomic mass is 79.9. The summed E-state index contributed by atoms with van der Waals surface area (Å²) >= 11 is 3.31. The van der Waals surface area contributed by atoms with Gasteiger partial charge in [0, 0.05) is 17.6 Å². The Morgan fingerprint density at radius 1 is 1.22 bits per heavy atom. The number of rotatable bonds is 4. The molecule has 0 spiro atoms. The van der Waals surface area contributed by atoms with E-state index in [0.717, 1.165) is 5.56 Å². The summed E-state index contributed by atoms with van der Waals surface area (Å²) in [5.74, 6) is -0.511. The van der Waals surface area contributed by atoms with Gasteiger partial charge >= 0.3 is 5.97 Å². The van der Waals surface area contributed by atoms with Gasteiger partial charge in [-0.25, -0.2) is 4.79 Å². The molecule has 0 bridgehead atoms. The fraction of sp³-hybridized carbons (Fsp3) is 0.188. The van der Waals surface area contributed by atoms with E-state index < -0.39 is 10.9 Å². The van der Waals surface area contributed by atoms with E-state index in [2.05, 4.69) is 15.9 Å². The van der Waals surface area contributed by atoms with Crippen LogP contribution in [-0.4, -0.2) is 25.1 Å². The number of carbonyl (C=O) groups excluding carboxylic acids is 1. The van der Waals surface area contributed by atoms with Crippen molar-refractivity contribution in [3.8, 4) is 0 Å². The highest BCUT2D eigenvalue weighted by molar-refractivity contribution is 9.10. The van der Waals surface area contributed by atoms with Crippen molar-refractivity contribution in [3.05, 3.63) is 62.1 Å². The fourth-order valence-corrected chi connectivity index (χ4v) is 2.63. The highest BCUT2D eigenvalue weighted by Crippen LogP contribution is 2.35. The molecule has 0 radical (unpaired) electrons. The van der Waals surface area contributed by atoms with Crippen LogP contribution >= 0.6 is 15.9 Å². The Kier molecular flexibility index (Phi) is 5.00. The number of nitrogens with zero attached hydrogens (tertiary/aromatic N) is 2. The van der Waals surface area contributed by atoms with Crippen molar-refractivity contribution in [1.29, 1.82) is 0 Å². The first-order valence-corrected chi connectivity index (χ1v) is 7.51. The molecule has 23 heavy (non-hydrogen) atoms. The Morgan fingerprint density at radius 2 is 1.87 bits per heavy atom. The van der Waals surface area contributed by atoms with Gasteiger partial charge in [-0.1, -0.05) is 22.0 Å². The maximum atomic E-state index is 12.0. The Balaban J connectivity index is 2.60. The third kappa shape index (κ3) is 3.50. The lowest BCUT2D eigenvalue weighted by Crippen LogP contribution is -2.16. The number of halogens is 1. The largest absolute Gasteiger partial charge is 0.465 e. The molecule has 2 rings (SSSR count). The Labute approximate surface area is 142 Å². The number of anilines is 2. The van der Waals surface area contributed by atoms with Crippen LogP contribution < -0.4 is 4.90 Å². The molecular formula is C16H15BrN2O4. The molecule has 0 aromatic heterocycles. The highest BCUT2D eigenvalue weighted by Gasteiger charge is 2.22. The average molecular weight is 379 g/mol. The monoisotopic (exact) mass is 378 g/mol. The normalized spacial score (nSPS) is 10.3. The number of nitro groups is 1. The van der Waals surface area contributed by atoms with E-state index in [1.807, 2.05) is 0 Å². The first-order valence-electron chi connectivity index (χ1n) is 6.71. The van der Waals surface area contributed by atoms with Crippen LogP contribution in [0.5, 0.6) is 0 Å². The number of esters is 1. The average Bonchev–Trinajstić information content (AvgIpc) is 2.53. The van der Waals surface area contributed by atoms with Crippen molar-refractivity contribution in [3.63, 3.8) is 0 Å². The van der Waals surface area contributed by atoms with Gasteiger partial charge in [0.15, 0.2) is 0 Å². The molecule has 6 nitrogen and oxygen atoms in total. The van der Waals surface area contributed by atoms with Crippen LogP contribution in [0.2, 0.25) is 0 Å². The molecule has 0 amide bonds. The number of hydrogen-bond acceptors (Lipinski definition) is 5. The van der Waals surface area contributed by atoms with Crippen molar-refractivity contribution in [2.45, 2.75) is 6.92 Å². The van der Waals surface area contributed by atoms with E-state index >= 15 is 0 Å². The smallest absolute Gasteiger partial charge is 0.340 e. The summed E-state index contributed by atoms with van der Waals surface area (Å²) in [6, 6.07) is 10.0. The minimum Gasteiger partial charge on any atom is -0.465 e. The van der Waals surface area contributed by atoms with Gasteiger partial charge in [-0.15, -0.1) is 0 Å². The molecule has 2 aromatic rings. The van der Waals surface area contributed by atoms with E-state index in [4.69, 9.17) is 4.74 Å². The van der Waals surface area contributed by atoms with Crippen LogP contribution in [-0.2, 0) is 4.74 Å². The zero-order chi connectivity index (χ0) is 17.1. The fourth-order valence-electron chi connectivity index (χ4n) is 2.27. The molecule has 0 atom stereocenters. The quantitative estimate of drug-likeness (QED) is 0.452. The van der Waals surface area contributed by atoms with Gasteiger partial charge in [-0.05, 0) is 36.8 Å². The third-order valence-electron chi connectivity index (χ3n) is 3.41. The predicted octanol–water partition coefficient (Wildman–Crippen LogP) is 4.22. The van der Waals surface area contributed by atoms with Crippen molar-refractivity contribution in [2.24, 2.45) is 0 Å². The van der Waals surface area contributed by atoms with Gasteiger partial charge in [0.25, 0.3) is 5.69 Å². The van der Waals surface area contributed by atoms with Crippen LogP contribution in [0.15, 0.2) is 40.9 Å². The van der Waals surface area contributed by atoms with E-state index in [9.17, 15) is 14.9 Å². The molecule has 0 saturated carbocycles. The number of nitro benzene ring substituents is 1. The molecule has 0 fully saturated rings. The molecule has 0 aliphatic rings. The summed E-state index contributed by atoms with van der Waals surface area (Å²) in [4.78, 5) is 24.5. The second-order valence-electron chi connectivity index (χ2n) is 4.96. The summed E-state index contributed by atoms with van der Waals surface area (Å²) in [5.41, 5.74) is 2.00. The molecule has 0 aliphatic carbocycles. The molecule has 0 unspecified atom stereocenters. The van der Waals surface area contributed by atoms with Gasteiger partial charge in [0.1, 0.15) is 5.69 Å². The Bertz CT molecular complexity index is 777. The van der Waals surface area contributed by atoms with Crippen molar-refractivity contribution in [1.82, 2.24) is 0 Å². The molecule has 0 aliphatic heterocycles. The maximum Gasteiger partial charge on any atom is 0.340 e. The molecule has 0 N–H and O–H groups in total. The van der Waals surface area contributed by atoms with E-state index in [1.54, 1.807) is 49.2 Å². The van der Waals surface area contributed by atoms with Crippen molar-refractivity contribution < 1.29 is 14.5 Å². The zero-order valence-corrected chi connectivity index (χ0v) is 14.5. The lowest BCUT2D eigenvalue weighted by Gasteiger charge is -2.22. The standard InChI is InChI=1S/C16H15BrN2O4/c1-10-4-6-14(15(8-10)19(21)22)18(2)13-7-5-11(17)9-12(13)16(20)23-3/h4-9H,1-3H3. The van der Waals surface area contributed by atoms with Crippen LogP contribution in [0.3, 0.4) is 0 Å². The number of benzene rings is 2. The molecule has 0 heterocycles.